The van der Waals surface area contributed by atoms with E-state index < -0.39 is 0 Å². The summed E-state index contributed by atoms with van der Waals surface area (Å²) < 4.78 is 5.84. The van der Waals surface area contributed by atoms with Gasteiger partial charge >= 0.3 is 0 Å². The van der Waals surface area contributed by atoms with Crippen LogP contribution in [0.4, 0.5) is 0 Å². The predicted molar refractivity (Wildman–Crippen MR) is 79.2 cm³/mol. The van der Waals surface area contributed by atoms with Crippen molar-refractivity contribution >= 4 is 23.2 Å². The Labute approximate surface area is 123 Å². The van der Waals surface area contributed by atoms with Crippen molar-refractivity contribution in [1.82, 2.24) is 4.98 Å². The fourth-order valence-corrected chi connectivity index (χ4v) is 2.42. The molecule has 1 aromatic carbocycles. The van der Waals surface area contributed by atoms with Crippen molar-refractivity contribution in [3.05, 3.63) is 56.8 Å². The monoisotopic (exact) mass is 295 g/mol. The van der Waals surface area contributed by atoms with Crippen molar-refractivity contribution in [2.75, 3.05) is 0 Å². The molecule has 2 nitrogen and oxygen atoms in total. The lowest BCUT2D eigenvalue weighted by Gasteiger charge is -2.13. The molecule has 0 aliphatic carbocycles. The van der Waals surface area contributed by atoms with Gasteiger partial charge in [-0.1, -0.05) is 40.9 Å². The topological polar surface area (TPSA) is 22.1 Å². The fraction of sp³-hybridized carbons (Fsp3) is 0.267. The van der Waals surface area contributed by atoms with Crippen LogP contribution >= 0.6 is 23.2 Å². The van der Waals surface area contributed by atoms with Gasteiger partial charge in [-0.3, -0.25) is 0 Å². The van der Waals surface area contributed by atoms with Gasteiger partial charge in [-0.25, -0.2) is 4.98 Å². The Bertz CT molecular complexity index is 588. The first-order chi connectivity index (χ1) is 8.97. The second-order valence-electron chi connectivity index (χ2n) is 4.58. The number of nitrogens with zero attached hydrogens (tertiary/aromatic N) is 1. The van der Waals surface area contributed by atoms with Crippen molar-refractivity contribution in [3.8, 4) is 5.75 Å². The van der Waals surface area contributed by atoms with Crippen LogP contribution in [0.15, 0.2) is 24.3 Å². The third-order valence-electron chi connectivity index (χ3n) is 2.84. The van der Waals surface area contributed by atoms with Crippen LogP contribution in [0.25, 0.3) is 0 Å². The van der Waals surface area contributed by atoms with E-state index in [2.05, 4.69) is 24.0 Å². The summed E-state index contributed by atoms with van der Waals surface area (Å²) in [6.45, 7) is 6.44. The van der Waals surface area contributed by atoms with Crippen molar-refractivity contribution in [2.45, 2.75) is 27.4 Å². The first-order valence-electron chi connectivity index (χ1n) is 5.99. The van der Waals surface area contributed by atoms with E-state index in [1.807, 2.05) is 13.8 Å². The summed E-state index contributed by atoms with van der Waals surface area (Å²) in [7, 11) is 0. The molecular weight excluding hydrogens is 281 g/mol. The minimum absolute atomic E-state index is 0.310. The Balaban J connectivity index is 2.21. The first kappa shape index (κ1) is 14.2. The van der Waals surface area contributed by atoms with Crippen LogP contribution in [0.1, 0.15) is 22.4 Å². The molecular formula is C15H15Cl2NO. The number of halogens is 2. The van der Waals surface area contributed by atoms with E-state index in [0.717, 1.165) is 16.9 Å². The smallest absolute Gasteiger partial charge is 0.132 e. The Morgan fingerprint density at radius 3 is 2.32 bits per heavy atom. The molecule has 0 N–H and O–H groups in total. The van der Waals surface area contributed by atoms with Crippen LogP contribution < -0.4 is 4.74 Å². The van der Waals surface area contributed by atoms with Crippen molar-refractivity contribution in [3.63, 3.8) is 0 Å². The molecule has 0 aliphatic rings. The summed E-state index contributed by atoms with van der Waals surface area (Å²) in [5.74, 6) is 0.878. The summed E-state index contributed by atoms with van der Waals surface area (Å²) in [5.41, 5.74) is 4.08. The van der Waals surface area contributed by atoms with E-state index in [1.54, 1.807) is 12.1 Å². The Morgan fingerprint density at radius 1 is 1.05 bits per heavy atom. The summed E-state index contributed by atoms with van der Waals surface area (Å²) in [5, 5.41) is 0.979. The van der Waals surface area contributed by atoms with Crippen LogP contribution in [0.5, 0.6) is 5.75 Å². The van der Waals surface area contributed by atoms with E-state index in [0.29, 0.717) is 22.5 Å². The maximum absolute atomic E-state index is 6.07. The lowest BCUT2D eigenvalue weighted by molar-refractivity contribution is 0.297. The second kappa shape index (κ2) is 5.81. The van der Waals surface area contributed by atoms with Gasteiger partial charge in [0.25, 0.3) is 0 Å². The molecule has 100 valence electrons. The van der Waals surface area contributed by atoms with E-state index in [1.165, 1.54) is 5.56 Å². The van der Waals surface area contributed by atoms with Gasteiger partial charge in [0.05, 0.1) is 10.7 Å². The van der Waals surface area contributed by atoms with Gasteiger partial charge < -0.3 is 4.74 Å². The zero-order valence-electron chi connectivity index (χ0n) is 11.1. The van der Waals surface area contributed by atoms with Gasteiger partial charge in [-0.15, -0.1) is 0 Å². The van der Waals surface area contributed by atoms with Gasteiger partial charge in [0.15, 0.2) is 0 Å². The van der Waals surface area contributed by atoms with Crippen molar-refractivity contribution in [1.29, 1.82) is 0 Å². The molecule has 0 aliphatic heterocycles. The minimum Gasteiger partial charge on any atom is -0.487 e. The molecule has 1 heterocycles. The molecule has 0 saturated carbocycles. The zero-order valence-corrected chi connectivity index (χ0v) is 12.6. The highest BCUT2D eigenvalue weighted by molar-refractivity contribution is 6.32. The Hall–Kier alpha value is -1.25. The minimum atomic E-state index is 0.310. The number of benzene rings is 1. The molecule has 0 amide bonds. The van der Waals surface area contributed by atoms with Crippen LogP contribution in [0.2, 0.25) is 10.2 Å². The number of hydrogen-bond donors (Lipinski definition) is 0. The Kier molecular flexibility index (Phi) is 4.33. The molecule has 2 aromatic rings. The summed E-state index contributed by atoms with van der Waals surface area (Å²) >= 11 is 11.9. The van der Waals surface area contributed by atoms with Gasteiger partial charge in [0.2, 0.25) is 0 Å². The van der Waals surface area contributed by atoms with Crippen molar-refractivity contribution in [2.24, 2.45) is 0 Å². The number of aryl methyl sites for hydroxylation is 3. The highest BCUT2D eigenvalue weighted by Crippen LogP contribution is 2.26. The van der Waals surface area contributed by atoms with Gasteiger partial charge in [0, 0.05) is 0 Å². The second-order valence-corrected chi connectivity index (χ2v) is 5.37. The van der Waals surface area contributed by atoms with Crippen LogP contribution in [-0.2, 0) is 6.61 Å². The molecule has 4 heteroatoms. The molecule has 19 heavy (non-hydrogen) atoms. The SMILES string of the molecule is Cc1cc(C)c(OCc2nc(Cl)ccc2Cl)c(C)c1. The lowest BCUT2D eigenvalue weighted by Crippen LogP contribution is -2.02. The third kappa shape index (κ3) is 3.40. The maximum Gasteiger partial charge on any atom is 0.132 e. The maximum atomic E-state index is 6.07. The Morgan fingerprint density at radius 2 is 1.68 bits per heavy atom. The molecule has 0 bridgehead atoms. The predicted octanol–water partition coefficient (Wildman–Crippen LogP) is 4.89. The zero-order chi connectivity index (χ0) is 14.0. The normalized spacial score (nSPS) is 10.6. The third-order valence-corrected chi connectivity index (χ3v) is 3.40. The van der Waals surface area contributed by atoms with E-state index >= 15 is 0 Å². The molecule has 1 aromatic heterocycles. The first-order valence-corrected chi connectivity index (χ1v) is 6.74. The molecule has 2 rings (SSSR count). The summed E-state index contributed by atoms with van der Waals surface area (Å²) in [6.07, 6.45) is 0. The average molecular weight is 296 g/mol. The fourth-order valence-electron chi connectivity index (χ4n) is 2.09. The molecule has 0 radical (unpaired) electrons. The number of rotatable bonds is 3. The molecule has 0 saturated heterocycles. The van der Waals surface area contributed by atoms with Gasteiger partial charge in [-0.05, 0) is 44.0 Å². The lowest BCUT2D eigenvalue weighted by atomic mass is 10.1. The van der Waals surface area contributed by atoms with E-state index in [4.69, 9.17) is 27.9 Å². The number of aromatic nitrogens is 1. The number of ether oxygens (including phenoxy) is 1. The van der Waals surface area contributed by atoms with E-state index in [-0.39, 0.29) is 0 Å². The molecule has 0 spiro atoms. The molecule has 0 atom stereocenters. The molecule has 0 unspecified atom stereocenters. The standard InChI is InChI=1S/C15H15Cl2NO/c1-9-6-10(2)15(11(3)7-9)19-8-13-12(16)4-5-14(17)18-13/h4-7H,8H2,1-3H3. The van der Waals surface area contributed by atoms with Crippen LogP contribution in [0.3, 0.4) is 0 Å². The van der Waals surface area contributed by atoms with Crippen LogP contribution in [-0.4, -0.2) is 4.98 Å². The largest absolute Gasteiger partial charge is 0.487 e. The van der Waals surface area contributed by atoms with Gasteiger partial charge in [0.1, 0.15) is 17.5 Å². The number of hydrogen-bond acceptors (Lipinski definition) is 2. The molecule has 0 fully saturated rings. The highest BCUT2D eigenvalue weighted by atomic mass is 35.5. The van der Waals surface area contributed by atoms with Gasteiger partial charge in [-0.2, -0.15) is 0 Å². The summed E-state index contributed by atoms with van der Waals surface area (Å²) in [4.78, 5) is 4.17. The van der Waals surface area contributed by atoms with Crippen molar-refractivity contribution < 1.29 is 4.74 Å². The van der Waals surface area contributed by atoms with Crippen LogP contribution in [0, 0.1) is 20.8 Å². The average Bonchev–Trinajstić information content (AvgIpc) is 2.32. The quantitative estimate of drug-likeness (QED) is 0.752. The van der Waals surface area contributed by atoms with E-state index in [9.17, 15) is 0 Å². The summed E-state index contributed by atoms with van der Waals surface area (Å²) in [6, 6.07) is 7.57. The number of pyridine rings is 1. The highest BCUT2D eigenvalue weighted by Gasteiger charge is 2.08.